The van der Waals surface area contributed by atoms with E-state index in [0.29, 0.717) is 12.8 Å². The highest BCUT2D eigenvalue weighted by atomic mass is 28.3. The molecule has 0 N–H and O–H groups in total. The molecule has 8 heterocycles. The standard InChI is InChI=1S/4C25H23N3Si.4C6H10/c1-17-26-23(28-25(27-17)18-10-5-4-6-11-18)16-19-12-9-14-21-20-13-7-8-15-22(20)29(2,3)24(19)21;1-17-26-23(28-25(27-17)18-10-5-4-6-11-18)16-19-12-9-15-22-24(19)20-13-7-8-14-21(20)29(22,2)3;1-17-26-24(28-25(27-17)19-9-5-4-6-10-19)16-18-13-14-23-21(15-18)20-11-7-8-12-22(20)29(23,2)3;1-17-26-24(28-25(27-17)19-9-5-4-6-10-19)16-18-13-14-21-20-11-7-8-12-22(20)29(2,3)23(21)15-18;4*1-3-5-6-4-2/h4*4-15H,16H2,1-3H3;4*3-6H,1-2H3/b;;;;4*5-3-,6-4-. The largest absolute Gasteiger partial charge is 0.218 e. The SMILES string of the molecule is C/C=C\C=C/C.C/C=C\C=C/C.C/C=C\C=C/C.C/C=C\C=C/C.Cc1nc(Cc2ccc3c(c2)-c2ccccc2[Si]3(C)C)nc(-c2ccccc2)n1.Cc1nc(Cc2ccc3c(c2)[Si](C)(C)c2ccccc2-3)nc(-c2ccccc2)n1.Cc1nc(Cc2cccc3c2-c2ccccc2[Si]3(C)C)nc(-c2ccccc2)n1.Cc1nc(Cc2cccc3c2[Si](C)(C)c2ccccc2-3)nc(-c2ccccc2)n1. The van der Waals surface area contributed by atoms with E-state index in [9.17, 15) is 0 Å². The number of benzene rings is 12. The van der Waals surface area contributed by atoms with Gasteiger partial charge in [0.1, 0.15) is 78.9 Å². The second kappa shape index (κ2) is 48.7. The van der Waals surface area contributed by atoms with Gasteiger partial charge in [0, 0.05) is 47.9 Å². The van der Waals surface area contributed by atoms with Crippen molar-refractivity contribution in [3.8, 4) is 90.1 Å². The Bertz CT molecular complexity index is 7060. The molecule has 4 aliphatic rings. The first kappa shape index (κ1) is 103. The second-order valence-electron chi connectivity index (χ2n) is 37.0. The Kier molecular flexibility index (Phi) is 35.8. The fourth-order valence-corrected chi connectivity index (χ4v) is 31.6. The van der Waals surface area contributed by atoms with Crippen LogP contribution < -0.4 is 41.5 Å². The van der Waals surface area contributed by atoms with Gasteiger partial charge in [-0.15, -0.1) is 0 Å². The molecule has 0 atom stereocenters. The molecular formula is C124H132N12Si4. The topological polar surface area (TPSA) is 155 Å². The zero-order chi connectivity index (χ0) is 99.4. The molecular weight excluding hydrogens is 1770 g/mol. The summed E-state index contributed by atoms with van der Waals surface area (Å²) in [6.07, 6.45) is 34.9. The summed E-state index contributed by atoms with van der Waals surface area (Å²) in [7, 11) is -6.66. The minimum absolute atomic E-state index is 0.709. The third-order valence-electron chi connectivity index (χ3n) is 25.4. The Balaban J connectivity index is 0.000000145. The van der Waals surface area contributed by atoms with Gasteiger partial charge < -0.3 is 0 Å². The molecule has 704 valence electrons. The van der Waals surface area contributed by atoms with Crippen molar-refractivity contribution in [3.63, 3.8) is 0 Å². The van der Waals surface area contributed by atoms with Crippen LogP contribution in [-0.4, -0.2) is 92.1 Å². The van der Waals surface area contributed by atoms with Crippen molar-refractivity contribution in [1.29, 1.82) is 0 Å². The van der Waals surface area contributed by atoms with Crippen molar-refractivity contribution in [2.45, 2.75) is 161 Å². The molecule has 0 bridgehead atoms. The minimum atomic E-state index is -1.74. The van der Waals surface area contributed by atoms with Crippen molar-refractivity contribution >= 4 is 73.8 Å². The summed E-state index contributed by atoms with van der Waals surface area (Å²) in [5, 5.41) is 12.2. The lowest BCUT2D eigenvalue weighted by molar-refractivity contribution is 0.886. The van der Waals surface area contributed by atoms with Crippen LogP contribution in [0.4, 0.5) is 0 Å². The average molecular weight is 1900 g/mol. The van der Waals surface area contributed by atoms with E-state index >= 15 is 0 Å². The maximum atomic E-state index is 4.81. The first-order valence-corrected chi connectivity index (χ1v) is 60.7. The van der Waals surface area contributed by atoms with Crippen LogP contribution >= 0.6 is 0 Å². The monoisotopic (exact) mass is 1900 g/mol. The van der Waals surface area contributed by atoms with Crippen LogP contribution in [0.5, 0.6) is 0 Å². The van der Waals surface area contributed by atoms with E-state index in [4.69, 9.17) is 19.9 Å². The van der Waals surface area contributed by atoms with Gasteiger partial charge in [0.15, 0.2) is 23.3 Å². The Labute approximate surface area is 836 Å². The van der Waals surface area contributed by atoms with Crippen LogP contribution in [0.1, 0.15) is 124 Å². The summed E-state index contributed by atoms with van der Waals surface area (Å²) in [6, 6.07) is 103. The van der Waals surface area contributed by atoms with Gasteiger partial charge in [-0.1, -0.05) is 441 Å². The molecule has 0 unspecified atom stereocenters. The molecule has 12 aromatic carbocycles. The first-order valence-electron chi connectivity index (χ1n) is 48.7. The number of aryl methyl sites for hydroxylation is 4. The molecule has 0 fully saturated rings. The molecule has 16 heteroatoms. The zero-order valence-corrected chi connectivity index (χ0v) is 89.1. The predicted molar refractivity (Wildman–Crippen MR) is 604 cm³/mol. The van der Waals surface area contributed by atoms with Crippen molar-refractivity contribution in [3.05, 3.63) is 457 Å². The summed E-state index contributed by atoms with van der Waals surface area (Å²) in [4.78, 5) is 55.9. The normalized spacial score (nSPS) is 13.4. The van der Waals surface area contributed by atoms with Gasteiger partial charge in [-0.05, 0) is 191 Å². The third-order valence-corrected chi connectivity index (χ3v) is 39.6. The van der Waals surface area contributed by atoms with Crippen LogP contribution in [0.3, 0.4) is 0 Å². The summed E-state index contributed by atoms with van der Waals surface area (Å²) < 4.78 is 0. The minimum Gasteiger partial charge on any atom is -0.218 e. The number of hydrogen-bond donors (Lipinski definition) is 0. The van der Waals surface area contributed by atoms with E-state index < -0.39 is 32.3 Å². The maximum Gasteiger partial charge on any atom is 0.163 e. The van der Waals surface area contributed by atoms with E-state index in [1.54, 1.807) is 0 Å². The number of aromatic nitrogens is 12. The Morgan fingerprint density at radius 1 is 0.200 bits per heavy atom. The molecule has 0 saturated carbocycles. The molecule has 0 aliphatic carbocycles. The van der Waals surface area contributed by atoms with E-state index in [2.05, 4.69) is 262 Å². The van der Waals surface area contributed by atoms with Crippen LogP contribution in [0.15, 0.2) is 388 Å². The molecule has 0 amide bonds. The van der Waals surface area contributed by atoms with Gasteiger partial charge in [0.05, 0.1) is 0 Å². The highest BCUT2D eigenvalue weighted by molar-refractivity contribution is 7.05. The Hall–Kier alpha value is -14.5. The summed E-state index contributed by atoms with van der Waals surface area (Å²) >= 11 is 0. The lowest BCUT2D eigenvalue weighted by atomic mass is 9.97. The van der Waals surface area contributed by atoms with Crippen molar-refractivity contribution < 1.29 is 0 Å². The molecule has 12 nitrogen and oxygen atoms in total. The Morgan fingerprint density at radius 3 is 0.857 bits per heavy atom. The number of rotatable bonds is 16. The summed E-state index contributed by atoms with van der Waals surface area (Å²) in [5.74, 6) is 9.34. The fraction of sp³-hybridized carbons (Fsp3) is 0.194. The van der Waals surface area contributed by atoms with Gasteiger partial charge in [-0.25, -0.2) is 59.8 Å². The predicted octanol–water partition coefficient (Wildman–Crippen LogP) is 25.5. The molecule has 4 aliphatic heterocycles. The lowest BCUT2D eigenvalue weighted by Crippen LogP contribution is -2.50. The first-order chi connectivity index (χ1) is 67.8. The quantitative estimate of drug-likeness (QED) is 0.0668. The van der Waals surface area contributed by atoms with Crippen LogP contribution in [0.2, 0.25) is 52.4 Å². The van der Waals surface area contributed by atoms with Gasteiger partial charge in [0.2, 0.25) is 0 Å². The van der Waals surface area contributed by atoms with Crippen molar-refractivity contribution in [2.75, 3.05) is 0 Å². The smallest absolute Gasteiger partial charge is 0.163 e. The van der Waals surface area contributed by atoms with Crippen molar-refractivity contribution in [1.82, 2.24) is 59.8 Å². The molecule has 0 radical (unpaired) electrons. The van der Waals surface area contributed by atoms with Crippen LogP contribution in [-0.2, 0) is 25.7 Å². The lowest BCUT2D eigenvalue weighted by Gasteiger charge is -2.22. The van der Waals surface area contributed by atoms with Gasteiger partial charge in [-0.2, -0.15) is 0 Å². The fourth-order valence-electron chi connectivity index (χ4n) is 18.7. The van der Waals surface area contributed by atoms with Crippen molar-refractivity contribution in [2.24, 2.45) is 0 Å². The average Bonchev–Trinajstić information content (AvgIpc) is 1.59. The highest BCUT2D eigenvalue weighted by Crippen LogP contribution is 2.36. The highest BCUT2D eigenvalue weighted by Gasteiger charge is 2.42. The molecule has 0 spiro atoms. The third kappa shape index (κ3) is 25.1. The van der Waals surface area contributed by atoms with Gasteiger partial charge in [-0.3, -0.25) is 0 Å². The van der Waals surface area contributed by atoms with Crippen LogP contribution in [0.25, 0.3) is 90.1 Å². The van der Waals surface area contributed by atoms with Crippen LogP contribution in [0, 0.1) is 27.7 Å². The molecule has 140 heavy (non-hydrogen) atoms. The van der Waals surface area contributed by atoms with E-state index in [1.807, 2.05) is 302 Å². The van der Waals surface area contributed by atoms with Gasteiger partial charge in [0.25, 0.3) is 0 Å². The van der Waals surface area contributed by atoms with Gasteiger partial charge >= 0.3 is 0 Å². The summed E-state index contributed by atoms with van der Waals surface area (Å²) in [6.45, 7) is 43.3. The number of hydrogen-bond acceptors (Lipinski definition) is 12. The number of nitrogens with zero attached hydrogens (tertiary/aromatic N) is 12. The van der Waals surface area contributed by atoms with E-state index in [1.165, 1.54) is 108 Å². The maximum absolute atomic E-state index is 4.81. The zero-order valence-electron chi connectivity index (χ0n) is 85.1. The van der Waals surface area contributed by atoms with E-state index in [0.717, 1.165) is 105 Å². The molecule has 20 rings (SSSR count). The molecule has 16 aromatic rings. The molecule has 0 saturated heterocycles. The number of allylic oxidation sites excluding steroid dienone is 16. The van der Waals surface area contributed by atoms with E-state index in [-0.39, 0.29) is 0 Å². The summed E-state index contributed by atoms with van der Waals surface area (Å²) in [5.41, 5.74) is 20.5. The number of fused-ring (bicyclic) bond motifs is 12. The Morgan fingerprint density at radius 2 is 0.464 bits per heavy atom. The molecule has 4 aromatic heterocycles. The second-order valence-corrected chi connectivity index (χ2v) is 54.3.